The fourth-order valence-electron chi connectivity index (χ4n) is 1.79. The Labute approximate surface area is 115 Å². The fraction of sp³-hybridized carbons (Fsp3) is 0.500. The highest BCUT2D eigenvalue weighted by Gasteiger charge is 2.16. The number of Topliss-reactive ketones (excluding diaryl/α,β-unsaturated/α-hetero) is 1. The summed E-state index contributed by atoms with van der Waals surface area (Å²) in [5.41, 5.74) is 1.36. The minimum absolute atomic E-state index is 0.00681. The highest BCUT2D eigenvalue weighted by atomic mass is 16.5. The van der Waals surface area contributed by atoms with E-state index in [0.717, 1.165) is 18.4 Å². The molecule has 0 radical (unpaired) electrons. The summed E-state index contributed by atoms with van der Waals surface area (Å²) >= 11 is 0. The molecule has 0 aliphatic carbocycles. The molecule has 0 atom stereocenters. The first-order valence-electron chi connectivity index (χ1n) is 6.51. The number of carbonyl (C=O) groups is 1. The molecule has 1 aromatic rings. The predicted octanol–water partition coefficient (Wildman–Crippen LogP) is 3.91. The third-order valence-corrected chi connectivity index (χ3v) is 3.02. The van der Waals surface area contributed by atoms with E-state index < -0.39 is 0 Å². The zero-order chi connectivity index (χ0) is 14.5. The molecule has 0 aliphatic rings. The number of benzene rings is 1. The summed E-state index contributed by atoms with van der Waals surface area (Å²) in [5.74, 6) is 0.648. The van der Waals surface area contributed by atoms with Gasteiger partial charge in [-0.25, -0.2) is 0 Å². The molecule has 0 amide bonds. The zero-order valence-electron chi connectivity index (χ0n) is 12.1. The number of aryl methyl sites for hydroxylation is 1. The number of hydrogen-bond donors (Lipinski definition) is 0. The number of hydrogen-bond acceptors (Lipinski definition) is 3. The van der Waals surface area contributed by atoms with Gasteiger partial charge in [-0.05, 0) is 58.2 Å². The van der Waals surface area contributed by atoms with Crippen molar-refractivity contribution in [2.24, 2.45) is 5.41 Å². The molecule has 0 saturated heterocycles. The molecule has 1 aromatic carbocycles. The number of nitrogens with zero attached hydrogens (tertiary/aromatic N) is 1. The van der Waals surface area contributed by atoms with Crippen LogP contribution < -0.4 is 4.74 Å². The van der Waals surface area contributed by atoms with Gasteiger partial charge in [0, 0.05) is 0 Å². The Balaban J connectivity index is 2.61. The highest BCUT2D eigenvalue weighted by Crippen LogP contribution is 2.23. The van der Waals surface area contributed by atoms with E-state index in [-0.39, 0.29) is 11.2 Å². The molecule has 1 rings (SSSR count). The minimum Gasteiger partial charge on any atom is -0.493 e. The molecule has 0 aromatic heterocycles. The first kappa shape index (κ1) is 15.2. The van der Waals surface area contributed by atoms with Crippen LogP contribution in [-0.4, -0.2) is 12.4 Å². The molecule has 0 unspecified atom stereocenters. The zero-order valence-corrected chi connectivity index (χ0v) is 12.1. The molecule has 3 nitrogen and oxygen atoms in total. The quantitative estimate of drug-likeness (QED) is 0.575. The van der Waals surface area contributed by atoms with Gasteiger partial charge in [-0.2, -0.15) is 5.26 Å². The van der Waals surface area contributed by atoms with Crippen LogP contribution in [0.4, 0.5) is 0 Å². The minimum atomic E-state index is -0.320. The van der Waals surface area contributed by atoms with Crippen molar-refractivity contribution >= 4 is 5.78 Å². The molecule has 3 heteroatoms. The van der Waals surface area contributed by atoms with E-state index in [1.165, 1.54) is 6.92 Å². The van der Waals surface area contributed by atoms with Crippen LogP contribution in [0.3, 0.4) is 0 Å². The lowest BCUT2D eigenvalue weighted by Crippen LogP contribution is -2.11. The lowest BCUT2D eigenvalue weighted by Gasteiger charge is -2.15. The lowest BCUT2D eigenvalue weighted by molar-refractivity contribution is 0.101. The van der Waals surface area contributed by atoms with Crippen LogP contribution in [0.1, 0.15) is 49.5 Å². The van der Waals surface area contributed by atoms with Crippen LogP contribution in [0.25, 0.3) is 0 Å². The van der Waals surface area contributed by atoms with Gasteiger partial charge in [-0.15, -0.1) is 0 Å². The molecule has 0 fully saturated rings. The summed E-state index contributed by atoms with van der Waals surface area (Å²) in [6, 6.07) is 7.85. The molecule has 0 spiro atoms. The second-order valence-electron chi connectivity index (χ2n) is 5.50. The Kier molecular flexibility index (Phi) is 5.11. The average molecular weight is 259 g/mol. The van der Waals surface area contributed by atoms with E-state index in [1.54, 1.807) is 6.07 Å². The molecule has 0 bridgehead atoms. The van der Waals surface area contributed by atoms with Gasteiger partial charge in [0.2, 0.25) is 0 Å². The van der Waals surface area contributed by atoms with Crippen LogP contribution >= 0.6 is 0 Å². The van der Waals surface area contributed by atoms with E-state index in [2.05, 4.69) is 6.07 Å². The summed E-state index contributed by atoms with van der Waals surface area (Å²) < 4.78 is 5.69. The Bertz CT molecular complexity index is 498. The maximum absolute atomic E-state index is 11.5. The SMILES string of the molecule is CC(=O)c1ccc(C)cc1OCCCC(C)(C)C#N. The van der Waals surface area contributed by atoms with Crippen LogP contribution in [0.15, 0.2) is 18.2 Å². The number of nitriles is 1. The molecule has 0 saturated carbocycles. The van der Waals surface area contributed by atoms with Crippen LogP contribution in [0.5, 0.6) is 5.75 Å². The van der Waals surface area contributed by atoms with Gasteiger partial charge in [0.25, 0.3) is 0 Å². The standard InChI is InChI=1S/C16H21NO2/c1-12-6-7-14(13(2)18)15(10-12)19-9-5-8-16(3,4)11-17/h6-7,10H,5,8-9H2,1-4H3. The van der Waals surface area contributed by atoms with E-state index in [1.807, 2.05) is 32.9 Å². The summed E-state index contributed by atoms with van der Waals surface area (Å²) in [6.45, 7) is 7.86. The highest BCUT2D eigenvalue weighted by molar-refractivity contribution is 5.96. The second kappa shape index (κ2) is 6.38. The summed E-state index contributed by atoms with van der Waals surface area (Å²) in [5, 5.41) is 8.93. The van der Waals surface area contributed by atoms with Crippen LogP contribution in [0.2, 0.25) is 0 Å². The van der Waals surface area contributed by atoms with E-state index >= 15 is 0 Å². The molecule has 0 aliphatic heterocycles. The normalized spacial score (nSPS) is 10.9. The largest absolute Gasteiger partial charge is 0.493 e. The smallest absolute Gasteiger partial charge is 0.163 e. The lowest BCUT2D eigenvalue weighted by atomic mass is 9.90. The average Bonchev–Trinajstić information content (AvgIpc) is 2.34. The first-order valence-corrected chi connectivity index (χ1v) is 6.51. The van der Waals surface area contributed by atoms with Crippen molar-refractivity contribution in [3.05, 3.63) is 29.3 Å². The molecular weight excluding hydrogens is 238 g/mol. The Morgan fingerprint density at radius 3 is 2.68 bits per heavy atom. The van der Waals surface area contributed by atoms with Crippen molar-refractivity contribution in [2.75, 3.05) is 6.61 Å². The van der Waals surface area contributed by atoms with Gasteiger partial charge in [0.05, 0.1) is 23.7 Å². The number of ketones is 1. The van der Waals surface area contributed by atoms with E-state index in [9.17, 15) is 4.79 Å². The molecular formula is C16H21NO2. The monoisotopic (exact) mass is 259 g/mol. The topological polar surface area (TPSA) is 50.1 Å². The number of rotatable bonds is 6. The van der Waals surface area contributed by atoms with Gasteiger partial charge in [-0.1, -0.05) is 6.07 Å². The number of carbonyl (C=O) groups excluding carboxylic acids is 1. The van der Waals surface area contributed by atoms with Gasteiger partial charge >= 0.3 is 0 Å². The predicted molar refractivity (Wildman–Crippen MR) is 75.3 cm³/mol. The van der Waals surface area contributed by atoms with Crippen molar-refractivity contribution in [1.29, 1.82) is 5.26 Å². The molecule has 19 heavy (non-hydrogen) atoms. The van der Waals surface area contributed by atoms with Gasteiger partial charge in [0.1, 0.15) is 5.75 Å². The third kappa shape index (κ3) is 4.75. The molecule has 0 heterocycles. The van der Waals surface area contributed by atoms with E-state index in [0.29, 0.717) is 17.9 Å². The van der Waals surface area contributed by atoms with Crippen LogP contribution in [0, 0.1) is 23.7 Å². The molecule has 0 N–H and O–H groups in total. The second-order valence-corrected chi connectivity index (χ2v) is 5.50. The van der Waals surface area contributed by atoms with E-state index in [4.69, 9.17) is 10.00 Å². The summed E-state index contributed by atoms with van der Waals surface area (Å²) in [7, 11) is 0. The fourth-order valence-corrected chi connectivity index (χ4v) is 1.79. The van der Waals surface area contributed by atoms with Crippen molar-refractivity contribution < 1.29 is 9.53 Å². The van der Waals surface area contributed by atoms with Gasteiger partial charge < -0.3 is 4.74 Å². The van der Waals surface area contributed by atoms with Crippen LogP contribution in [-0.2, 0) is 0 Å². The maximum Gasteiger partial charge on any atom is 0.163 e. The molecule has 102 valence electrons. The van der Waals surface area contributed by atoms with Crippen molar-refractivity contribution in [3.63, 3.8) is 0 Å². The summed E-state index contributed by atoms with van der Waals surface area (Å²) in [6.07, 6.45) is 1.58. The Morgan fingerprint density at radius 1 is 1.42 bits per heavy atom. The summed E-state index contributed by atoms with van der Waals surface area (Å²) in [4.78, 5) is 11.5. The third-order valence-electron chi connectivity index (χ3n) is 3.02. The first-order chi connectivity index (χ1) is 8.85. The van der Waals surface area contributed by atoms with Gasteiger partial charge in [0.15, 0.2) is 5.78 Å². The Morgan fingerprint density at radius 2 is 2.11 bits per heavy atom. The maximum atomic E-state index is 11.5. The van der Waals surface area contributed by atoms with Crippen molar-refractivity contribution in [2.45, 2.75) is 40.5 Å². The van der Waals surface area contributed by atoms with Crippen molar-refractivity contribution in [3.8, 4) is 11.8 Å². The Hall–Kier alpha value is -1.82. The number of ether oxygens (including phenoxy) is 1. The van der Waals surface area contributed by atoms with Crippen molar-refractivity contribution in [1.82, 2.24) is 0 Å². The van der Waals surface area contributed by atoms with Gasteiger partial charge in [-0.3, -0.25) is 4.79 Å².